The zero-order chi connectivity index (χ0) is 12.1. The van der Waals surface area contributed by atoms with E-state index in [1.54, 1.807) is 4.90 Å². The molecular formula is C9H14N4O3. The zero-order valence-electron chi connectivity index (χ0n) is 8.93. The Morgan fingerprint density at radius 3 is 2.94 bits per heavy atom. The zero-order valence-corrected chi connectivity index (χ0v) is 8.93. The molecule has 0 atom stereocenters. The highest BCUT2D eigenvalue weighted by molar-refractivity contribution is 5.68. The van der Waals surface area contributed by atoms with Gasteiger partial charge in [0.05, 0.1) is 12.7 Å². The van der Waals surface area contributed by atoms with Gasteiger partial charge in [-0.15, -0.1) is 0 Å². The summed E-state index contributed by atoms with van der Waals surface area (Å²) < 4.78 is 0. The number of carbonyl (C=O) groups is 1. The van der Waals surface area contributed by atoms with Crippen LogP contribution >= 0.6 is 0 Å². The first-order valence-electron chi connectivity index (χ1n) is 4.86. The van der Waals surface area contributed by atoms with Crippen molar-refractivity contribution in [2.24, 2.45) is 0 Å². The average molecular weight is 226 g/mol. The number of rotatable bonds is 5. The Morgan fingerprint density at radius 2 is 2.38 bits per heavy atom. The molecule has 1 rings (SSSR count). The fraction of sp³-hybridized carbons (Fsp3) is 0.444. The van der Waals surface area contributed by atoms with Gasteiger partial charge in [-0.1, -0.05) is 0 Å². The third-order valence-corrected chi connectivity index (χ3v) is 2.14. The molecule has 0 radical (unpaired) electrons. The van der Waals surface area contributed by atoms with Crippen LogP contribution in [0.3, 0.4) is 0 Å². The number of aromatic nitrogens is 2. The van der Waals surface area contributed by atoms with Crippen molar-refractivity contribution in [3.05, 3.63) is 16.7 Å². The second-order valence-electron chi connectivity index (χ2n) is 3.19. The third kappa shape index (κ3) is 2.72. The summed E-state index contributed by atoms with van der Waals surface area (Å²) in [5.74, 6) is -0.575. The predicted octanol–water partition coefficient (Wildman–Crippen LogP) is -0.347. The van der Waals surface area contributed by atoms with E-state index in [9.17, 15) is 9.59 Å². The fourth-order valence-electron chi connectivity index (χ4n) is 1.30. The number of nitrogens with zero attached hydrogens (tertiary/aromatic N) is 2. The third-order valence-electron chi connectivity index (χ3n) is 2.14. The lowest BCUT2D eigenvalue weighted by molar-refractivity contribution is -0.136. The number of H-pyrrole nitrogens is 1. The molecule has 0 spiro atoms. The summed E-state index contributed by atoms with van der Waals surface area (Å²) in [6, 6.07) is 0. The molecule has 1 heterocycles. The Bertz CT molecular complexity index is 429. The van der Waals surface area contributed by atoms with Crippen LogP contribution in [0.4, 0.5) is 11.5 Å². The van der Waals surface area contributed by atoms with Crippen molar-refractivity contribution >= 4 is 17.5 Å². The van der Waals surface area contributed by atoms with Crippen LogP contribution in [-0.4, -0.2) is 34.1 Å². The lowest BCUT2D eigenvalue weighted by Gasteiger charge is -2.21. The van der Waals surface area contributed by atoms with Gasteiger partial charge >= 0.3 is 5.97 Å². The van der Waals surface area contributed by atoms with Crippen molar-refractivity contribution in [2.75, 3.05) is 23.7 Å². The number of aromatic amines is 1. The molecule has 0 saturated carbocycles. The Morgan fingerprint density at radius 1 is 1.69 bits per heavy atom. The summed E-state index contributed by atoms with van der Waals surface area (Å²) in [6.07, 6.45) is 1.22. The fourth-order valence-corrected chi connectivity index (χ4v) is 1.30. The summed E-state index contributed by atoms with van der Waals surface area (Å²) in [5.41, 5.74) is 5.16. The number of nitrogens with one attached hydrogen (secondary N) is 1. The van der Waals surface area contributed by atoms with Gasteiger partial charge in [-0.25, -0.2) is 4.98 Å². The standard InChI is InChI=1S/C9H14N4O3/c1-2-13(4-3-6(14)15)8-7(10)9(16)12-5-11-8/h5H,2-4,10H2,1H3,(H,14,15)(H,11,12,16). The molecule has 88 valence electrons. The number of carboxylic acids is 1. The van der Waals surface area contributed by atoms with Crippen molar-refractivity contribution in [2.45, 2.75) is 13.3 Å². The highest BCUT2D eigenvalue weighted by Gasteiger charge is 2.12. The molecule has 0 amide bonds. The summed E-state index contributed by atoms with van der Waals surface area (Å²) in [4.78, 5) is 29.6. The number of nitrogens with two attached hydrogens (primary N) is 1. The van der Waals surface area contributed by atoms with Crippen molar-refractivity contribution in [1.29, 1.82) is 0 Å². The van der Waals surface area contributed by atoms with Gasteiger partial charge in [-0.05, 0) is 6.92 Å². The van der Waals surface area contributed by atoms with E-state index in [1.807, 2.05) is 6.92 Å². The van der Waals surface area contributed by atoms with Crippen LogP contribution in [-0.2, 0) is 4.79 Å². The van der Waals surface area contributed by atoms with Gasteiger partial charge in [0.15, 0.2) is 5.82 Å². The summed E-state index contributed by atoms with van der Waals surface area (Å²) in [5, 5.41) is 8.58. The van der Waals surface area contributed by atoms with Crippen molar-refractivity contribution < 1.29 is 9.90 Å². The molecule has 7 nitrogen and oxygen atoms in total. The Kier molecular flexibility index (Phi) is 3.87. The molecule has 1 aromatic rings. The van der Waals surface area contributed by atoms with Crippen LogP contribution in [0, 0.1) is 0 Å². The van der Waals surface area contributed by atoms with Crippen LogP contribution < -0.4 is 16.2 Å². The van der Waals surface area contributed by atoms with Gasteiger partial charge in [-0.3, -0.25) is 9.59 Å². The minimum atomic E-state index is -0.901. The highest BCUT2D eigenvalue weighted by atomic mass is 16.4. The first-order chi connectivity index (χ1) is 7.56. The highest BCUT2D eigenvalue weighted by Crippen LogP contribution is 2.14. The molecular weight excluding hydrogens is 212 g/mol. The largest absolute Gasteiger partial charge is 0.481 e. The summed E-state index contributed by atoms with van der Waals surface area (Å²) in [6.45, 7) is 2.64. The number of nitrogen functional groups attached to an aromatic ring is 1. The van der Waals surface area contributed by atoms with Crippen LogP contribution in [0.1, 0.15) is 13.3 Å². The second kappa shape index (κ2) is 5.15. The molecule has 0 unspecified atom stereocenters. The van der Waals surface area contributed by atoms with Crippen LogP contribution in [0.15, 0.2) is 11.1 Å². The van der Waals surface area contributed by atoms with Gasteiger partial charge in [0.25, 0.3) is 5.56 Å². The Balaban J connectivity index is 2.90. The van der Waals surface area contributed by atoms with Gasteiger partial charge in [0.2, 0.25) is 0 Å². The van der Waals surface area contributed by atoms with E-state index in [1.165, 1.54) is 6.33 Å². The summed E-state index contributed by atoms with van der Waals surface area (Å²) in [7, 11) is 0. The minimum absolute atomic E-state index is 0.00902. The maximum Gasteiger partial charge on any atom is 0.305 e. The lowest BCUT2D eigenvalue weighted by atomic mass is 10.3. The number of aliphatic carboxylic acids is 1. The first-order valence-corrected chi connectivity index (χ1v) is 4.86. The number of anilines is 2. The summed E-state index contributed by atoms with van der Waals surface area (Å²) >= 11 is 0. The van der Waals surface area contributed by atoms with E-state index in [2.05, 4.69) is 9.97 Å². The smallest absolute Gasteiger partial charge is 0.305 e. The number of hydrogen-bond acceptors (Lipinski definition) is 5. The van der Waals surface area contributed by atoms with E-state index < -0.39 is 11.5 Å². The van der Waals surface area contributed by atoms with E-state index in [0.717, 1.165) is 0 Å². The number of hydrogen-bond donors (Lipinski definition) is 3. The van der Waals surface area contributed by atoms with Crippen LogP contribution in [0.2, 0.25) is 0 Å². The maximum absolute atomic E-state index is 11.2. The minimum Gasteiger partial charge on any atom is -0.481 e. The monoisotopic (exact) mass is 226 g/mol. The first kappa shape index (κ1) is 12.0. The van der Waals surface area contributed by atoms with E-state index in [-0.39, 0.29) is 18.7 Å². The van der Waals surface area contributed by atoms with Crippen LogP contribution in [0.25, 0.3) is 0 Å². The topological polar surface area (TPSA) is 112 Å². The average Bonchev–Trinajstić information content (AvgIpc) is 2.24. The number of carboxylic acid groups (broad SMARTS) is 1. The lowest BCUT2D eigenvalue weighted by Crippen LogP contribution is -2.29. The van der Waals surface area contributed by atoms with Gasteiger partial charge in [0, 0.05) is 13.1 Å². The van der Waals surface area contributed by atoms with Gasteiger partial charge < -0.3 is 20.7 Å². The molecule has 0 aliphatic heterocycles. The molecule has 0 aliphatic rings. The molecule has 0 bridgehead atoms. The van der Waals surface area contributed by atoms with E-state index >= 15 is 0 Å². The maximum atomic E-state index is 11.2. The van der Waals surface area contributed by atoms with Gasteiger partial charge in [0.1, 0.15) is 5.69 Å². The normalized spacial score (nSPS) is 10.1. The molecule has 0 saturated heterocycles. The Labute approximate surface area is 91.9 Å². The molecule has 1 aromatic heterocycles. The molecule has 0 aromatic carbocycles. The predicted molar refractivity (Wildman–Crippen MR) is 59.4 cm³/mol. The molecule has 0 fully saturated rings. The van der Waals surface area contributed by atoms with E-state index in [4.69, 9.17) is 10.8 Å². The van der Waals surface area contributed by atoms with Crippen molar-refractivity contribution in [3.63, 3.8) is 0 Å². The Hall–Kier alpha value is -2.05. The SMILES string of the molecule is CCN(CCC(=O)O)c1nc[nH]c(=O)c1N. The quantitative estimate of drug-likeness (QED) is 0.632. The second-order valence-corrected chi connectivity index (χ2v) is 3.19. The molecule has 7 heteroatoms. The van der Waals surface area contributed by atoms with Crippen LogP contribution in [0.5, 0.6) is 0 Å². The molecule has 4 N–H and O–H groups in total. The molecule has 0 aliphatic carbocycles. The van der Waals surface area contributed by atoms with E-state index in [0.29, 0.717) is 12.4 Å². The molecule has 16 heavy (non-hydrogen) atoms. The van der Waals surface area contributed by atoms with Crippen molar-refractivity contribution in [1.82, 2.24) is 9.97 Å². The van der Waals surface area contributed by atoms with Crippen molar-refractivity contribution in [3.8, 4) is 0 Å². The van der Waals surface area contributed by atoms with Gasteiger partial charge in [-0.2, -0.15) is 0 Å².